The van der Waals surface area contributed by atoms with Crippen molar-refractivity contribution in [2.75, 3.05) is 10.6 Å². The smallest absolute Gasteiger partial charge is 0.175 e. The number of hydrogen-bond donors (Lipinski definition) is 2. The lowest BCUT2D eigenvalue weighted by Crippen LogP contribution is -2.19. The van der Waals surface area contributed by atoms with Gasteiger partial charge in [-0.3, -0.25) is 0 Å². The molecule has 0 unspecified atom stereocenters. The fourth-order valence-corrected chi connectivity index (χ4v) is 2.01. The Morgan fingerprint density at radius 1 is 0.950 bits per heavy atom. The molecule has 2 N–H and O–H groups in total. The molecule has 2 aromatic rings. The normalized spacial score (nSPS) is 10.2. The van der Waals surface area contributed by atoms with Gasteiger partial charge in [-0.15, -0.1) is 0 Å². The van der Waals surface area contributed by atoms with Gasteiger partial charge < -0.3 is 10.6 Å². The summed E-state index contributed by atoms with van der Waals surface area (Å²) < 4.78 is 26.2. The predicted molar refractivity (Wildman–Crippen MR) is 82.1 cm³/mol. The van der Waals surface area contributed by atoms with E-state index in [1.807, 2.05) is 32.0 Å². The second kappa shape index (κ2) is 5.96. The van der Waals surface area contributed by atoms with Gasteiger partial charge in [0.15, 0.2) is 5.11 Å². The van der Waals surface area contributed by atoms with Crippen LogP contribution >= 0.6 is 12.2 Å². The predicted octanol–water partition coefficient (Wildman–Crippen LogP) is 4.39. The van der Waals surface area contributed by atoms with E-state index in [1.54, 1.807) is 0 Å². The Hall–Kier alpha value is -2.01. The number of thiocarbonyl (C=S) groups is 1. The fraction of sp³-hybridized carbons (Fsp3) is 0.133. The van der Waals surface area contributed by atoms with Crippen molar-refractivity contribution in [1.29, 1.82) is 0 Å². The molecule has 0 heterocycles. The lowest BCUT2D eigenvalue weighted by molar-refractivity contribution is 0.584. The maximum absolute atomic E-state index is 13.1. The lowest BCUT2D eigenvalue weighted by atomic mass is 10.1. The van der Waals surface area contributed by atoms with Crippen LogP contribution in [0.4, 0.5) is 20.2 Å². The van der Waals surface area contributed by atoms with Gasteiger partial charge in [0.25, 0.3) is 0 Å². The van der Waals surface area contributed by atoms with Crippen LogP contribution in [0, 0.1) is 25.5 Å². The maximum Gasteiger partial charge on any atom is 0.175 e. The molecule has 0 spiro atoms. The zero-order valence-corrected chi connectivity index (χ0v) is 11.9. The Kier molecular flexibility index (Phi) is 4.29. The largest absolute Gasteiger partial charge is 0.332 e. The first-order chi connectivity index (χ1) is 9.44. The van der Waals surface area contributed by atoms with Crippen molar-refractivity contribution < 1.29 is 8.78 Å². The highest BCUT2D eigenvalue weighted by Crippen LogP contribution is 2.18. The Balaban J connectivity index is 2.11. The van der Waals surface area contributed by atoms with Crippen molar-refractivity contribution in [3.05, 3.63) is 59.2 Å². The second-order valence-electron chi connectivity index (χ2n) is 4.56. The number of aryl methyl sites for hydroxylation is 2. The highest BCUT2D eigenvalue weighted by molar-refractivity contribution is 7.80. The SMILES string of the molecule is Cc1ccc(C)c(NC(=S)Nc2cc(F)cc(F)c2)c1. The van der Waals surface area contributed by atoms with Crippen LogP contribution in [0.15, 0.2) is 36.4 Å². The number of hydrogen-bond acceptors (Lipinski definition) is 1. The monoisotopic (exact) mass is 292 g/mol. The van der Waals surface area contributed by atoms with Gasteiger partial charge in [0.1, 0.15) is 11.6 Å². The van der Waals surface area contributed by atoms with E-state index < -0.39 is 11.6 Å². The molecule has 0 saturated carbocycles. The molecule has 0 radical (unpaired) electrons. The summed E-state index contributed by atoms with van der Waals surface area (Å²) in [5, 5.41) is 6.05. The molecule has 0 aliphatic carbocycles. The molecule has 0 amide bonds. The Morgan fingerprint density at radius 3 is 2.25 bits per heavy atom. The molecule has 0 saturated heterocycles. The summed E-state index contributed by atoms with van der Waals surface area (Å²) in [5.41, 5.74) is 3.26. The number of anilines is 2. The highest BCUT2D eigenvalue weighted by atomic mass is 32.1. The van der Waals surface area contributed by atoms with Gasteiger partial charge in [-0.25, -0.2) is 8.78 Å². The minimum absolute atomic E-state index is 0.269. The summed E-state index contributed by atoms with van der Waals surface area (Å²) in [6, 6.07) is 9.10. The number of rotatable bonds is 2. The topological polar surface area (TPSA) is 24.1 Å². The van der Waals surface area contributed by atoms with Gasteiger partial charge >= 0.3 is 0 Å². The van der Waals surface area contributed by atoms with E-state index in [-0.39, 0.29) is 10.8 Å². The van der Waals surface area contributed by atoms with Gasteiger partial charge in [-0.05, 0) is 55.4 Å². The van der Waals surface area contributed by atoms with Gasteiger partial charge in [0, 0.05) is 17.4 Å². The molecular weight excluding hydrogens is 278 g/mol. The average Bonchev–Trinajstić information content (AvgIpc) is 2.32. The molecule has 5 heteroatoms. The standard InChI is InChI=1S/C15H14F2N2S/c1-9-3-4-10(2)14(5-9)19-15(20)18-13-7-11(16)6-12(17)8-13/h3-8H,1-2H3,(H2,18,19,20). The maximum atomic E-state index is 13.1. The van der Waals surface area contributed by atoms with E-state index in [2.05, 4.69) is 10.6 Å². The van der Waals surface area contributed by atoms with Crippen molar-refractivity contribution in [2.45, 2.75) is 13.8 Å². The van der Waals surface area contributed by atoms with Crippen LogP contribution in [0.1, 0.15) is 11.1 Å². The third-order valence-electron chi connectivity index (χ3n) is 2.76. The average molecular weight is 292 g/mol. The van der Waals surface area contributed by atoms with Crippen LogP contribution in [0.5, 0.6) is 0 Å². The first-order valence-corrected chi connectivity index (χ1v) is 6.46. The van der Waals surface area contributed by atoms with Crippen molar-refractivity contribution in [3.63, 3.8) is 0 Å². The van der Waals surface area contributed by atoms with Crippen LogP contribution < -0.4 is 10.6 Å². The molecule has 2 rings (SSSR count). The lowest BCUT2D eigenvalue weighted by Gasteiger charge is -2.13. The zero-order valence-electron chi connectivity index (χ0n) is 11.1. The first kappa shape index (κ1) is 14.4. The molecule has 0 aromatic heterocycles. The summed E-state index contributed by atoms with van der Waals surface area (Å²) in [4.78, 5) is 0. The molecule has 104 valence electrons. The molecular formula is C15H14F2N2S. The Labute approximate surface area is 121 Å². The minimum Gasteiger partial charge on any atom is -0.332 e. The number of halogens is 2. The zero-order chi connectivity index (χ0) is 14.7. The minimum atomic E-state index is -0.651. The van der Waals surface area contributed by atoms with E-state index in [0.29, 0.717) is 0 Å². The van der Waals surface area contributed by atoms with Crippen LogP contribution in [0.2, 0.25) is 0 Å². The van der Waals surface area contributed by atoms with Crippen LogP contribution in [0.25, 0.3) is 0 Å². The molecule has 0 fully saturated rings. The Morgan fingerprint density at radius 2 is 1.60 bits per heavy atom. The van der Waals surface area contributed by atoms with Gasteiger partial charge in [0.2, 0.25) is 0 Å². The molecule has 2 nitrogen and oxygen atoms in total. The molecule has 0 atom stereocenters. The molecule has 0 aliphatic rings. The van der Waals surface area contributed by atoms with E-state index in [0.717, 1.165) is 22.9 Å². The summed E-state index contributed by atoms with van der Waals surface area (Å²) >= 11 is 5.14. The van der Waals surface area contributed by atoms with Gasteiger partial charge in [-0.1, -0.05) is 12.1 Å². The second-order valence-corrected chi connectivity index (χ2v) is 4.96. The van der Waals surface area contributed by atoms with Crippen molar-refractivity contribution >= 4 is 28.7 Å². The number of benzene rings is 2. The molecule has 0 aliphatic heterocycles. The molecule has 0 bridgehead atoms. The Bertz CT molecular complexity index is 636. The first-order valence-electron chi connectivity index (χ1n) is 6.05. The molecule has 20 heavy (non-hydrogen) atoms. The van der Waals surface area contributed by atoms with Gasteiger partial charge in [0.05, 0.1) is 0 Å². The van der Waals surface area contributed by atoms with Gasteiger partial charge in [-0.2, -0.15) is 0 Å². The summed E-state index contributed by atoms with van der Waals surface area (Å²) in [6.45, 7) is 3.93. The van der Waals surface area contributed by atoms with Crippen molar-refractivity contribution in [2.24, 2.45) is 0 Å². The number of nitrogens with one attached hydrogen (secondary N) is 2. The summed E-state index contributed by atoms with van der Waals surface area (Å²) in [7, 11) is 0. The highest BCUT2D eigenvalue weighted by Gasteiger charge is 2.05. The van der Waals surface area contributed by atoms with Crippen molar-refractivity contribution in [3.8, 4) is 0 Å². The van der Waals surface area contributed by atoms with Crippen LogP contribution in [0.3, 0.4) is 0 Å². The van der Waals surface area contributed by atoms with E-state index in [4.69, 9.17) is 12.2 Å². The van der Waals surface area contributed by atoms with E-state index in [1.165, 1.54) is 12.1 Å². The fourth-order valence-electron chi connectivity index (χ4n) is 1.78. The van der Waals surface area contributed by atoms with Crippen LogP contribution in [-0.4, -0.2) is 5.11 Å². The van der Waals surface area contributed by atoms with E-state index >= 15 is 0 Å². The third-order valence-corrected chi connectivity index (χ3v) is 2.97. The summed E-state index contributed by atoms with van der Waals surface area (Å²) in [5.74, 6) is -1.30. The quantitative estimate of drug-likeness (QED) is 0.803. The van der Waals surface area contributed by atoms with Crippen LogP contribution in [-0.2, 0) is 0 Å². The van der Waals surface area contributed by atoms with Crippen molar-refractivity contribution in [1.82, 2.24) is 0 Å². The molecule has 2 aromatic carbocycles. The third kappa shape index (κ3) is 3.74. The summed E-state index contributed by atoms with van der Waals surface area (Å²) in [6.07, 6.45) is 0. The van der Waals surface area contributed by atoms with E-state index in [9.17, 15) is 8.78 Å².